The third kappa shape index (κ3) is 9.10. The third-order valence-corrected chi connectivity index (χ3v) is 24.5. The fourth-order valence-electron chi connectivity index (χ4n) is 19.1. The quantitative estimate of drug-likeness (QED) is 0.145. The zero-order chi connectivity index (χ0) is 72.1. The van der Waals surface area contributed by atoms with Crippen LogP contribution in [0.2, 0.25) is 0 Å². The maximum Gasteiger partial charge on any atom is 0.164 e. The fourth-order valence-corrected chi connectivity index (χ4v) is 19.1. The molecule has 510 valence electrons. The highest BCUT2D eigenvalue weighted by Crippen LogP contribution is 2.54. The molecule has 15 aromatic carbocycles. The van der Waals surface area contributed by atoms with Crippen molar-refractivity contribution in [2.45, 2.75) is 57.8 Å². The number of fused-ring (bicyclic) bond motifs is 18. The normalized spacial score (nSPS) is 14.1. The van der Waals surface area contributed by atoms with Gasteiger partial charge in [-0.3, -0.25) is 0 Å². The molecule has 0 spiro atoms. The van der Waals surface area contributed by atoms with E-state index in [9.17, 15) is 0 Å². The van der Waals surface area contributed by atoms with Crippen LogP contribution in [0.25, 0.3) is 183 Å². The molecule has 0 radical (unpaired) electrons. The van der Waals surface area contributed by atoms with Gasteiger partial charge in [-0.05, 0) is 191 Å². The van der Waals surface area contributed by atoms with Gasteiger partial charge in [0.1, 0.15) is 0 Å². The van der Waals surface area contributed by atoms with E-state index in [1.165, 1.54) is 116 Å². The van der Waals surface area contributed by atoms with Crippen molar-refractivity contribution in [1.82, 2.24) is 28.7 Å². The van der Waals surface area contributed by atoms with Gasteiger partial charge in [0.15, 0.2) is 17.5 Å². The Kier molecular flexibility index (Phi) is 13.1. The third-order valence-electron chi connectivity index (χ3n) is 24.5. The topological polar surface area (TPSA) is 53.5 Å². The van der Waals surface area contributed by atoms with E-state index in [1.54, 1.807) is 0 Å². The Labute approximate surface area is 626 Å². The Morgan fingerprint density at radius 2 is 0.435 bits per heavy atom. The summed E-state index contributed by atoms with van der Waals surface area (Å²) >= 11 is 0. The van der Waals surface area contributed by atoms with E-state index in [4.69, 9.17) is 15.0 Å². The van der Waals surface area contributed by atoms with Crippen LogP contribution in [0.4, 0.5) is 0 Å². The molecule has 0 saturated heterocycles. The summed E-state index contributed by atoms with van der Waals surface area (Å²) < 4.78 is 7.26. The molecule has 108 heavy (non-hydrogen) atoms. The predicted molar refractivity (Wildman–Crippen MR) is 448 cm³/mol. The fraction of sp³-hybridized carbons (Fsp3) is 0.0882. The Morgan fingerprint density at radius 1 is 0.185 bits per heavy atom. The molecule has 19 aromatic rings. The molecular formula is C102H72N6. The molecule has 22 rings (SSSR count). The Morgan fingerprint density at radius 3 is 0.750 bits per heavy atom. The smallest absolute Gasteiger partial charge is 0.164 e. The summed E-state index contributed by atoms with van der Waals surface area (Å²) in [7, 11) is 0. The highest BCUT2D eigenvalue weighted by Gasteiger charge is 2.38. The summed E-state index contributed by atoms with van der Waals surface area (Å²) in [4.78, 5) is 16.8. The molecular weight excluding hydrogens is 1310 g/mol. The molecule has 0 N–H and O–H groups in total. The van der Waals surface area contributed by atoms with Gasteiger partial charge in [0.05, 0.1) is 33.1 Å². The van der Waals surface area contributed by atoms with Crippen molar-refractivity contribution in [2.24, 2.45) is 0 Å². The first-order valence-corrected chi connectivity index (χ1v) is 37.7. The Bertz CT molecular complexity index is 6420. The second-order valence-electron chi connectivity index (χ2n) is 31.5. The number of aromatic nitrogens is 6. The first-order valence-electron chi connectivity index (χ1n) is 37.7. The monoisotopic (exact) mass is 1380 g/mol. The zero-order valence-corrected chi connectivity index (χ0v) is 60.9. The lowest BCUT2D eigenvalue weighted by atomic mass is 9.82. The van der Waals surface area contributed by atoms with Crippen molar-refractivity contribution in [3.8, 4) is 118 Å². The minimum absolute atomic E-state index is 0.0789. The van der Waals surface area contributed by atoms with Crippen molar-refractivity contribution < 1.29 is 0 Å². The summed E-state index contributed by atoms with van der Waals surface area (Å²) in [5.74, 6) is 1.71. The van der Waals surface area contributed by atoms with E-state index in [-0.39, 0.29) is 16.2 Å². The molecule has 3 aliphatic rings. The van der Waals surface area contributed by atoms with Crippen LogP contribution in [0.1, 0.15) is 74.9 Å². The van der Waals surface area contributed by atoms with Crippen LogP contribution in [0.5, 0.6) is 0 Å². The summed E-state index contributed by atoms with van der Waals surface area (Å²) in [6.45, 7) is 14.1. The number of para-hydroxylation sites is 3. The van der Waals surface area contributed by atoms with E-state index < -0.39 is 0 Å². The Hall–Kier alpha value is -13.3. The highest BCUT2D eigenvalue weighted by molar-refractivity contribution is 6.13. The molecule has 0 unspecified atom stereocenters. The van der Waals surface area contributed by atoms with Crippen LogP contribution < -0.4 is 0 Å². The molecule has 4 aromatic heterocycles. The first-order chi connectivity index (χ1) is 52.8. The Balaban J connectivity index is 0.704. The number of rotatable bonds is 9. The van der Waals surface area contributed by atoms with E-state index in [0.29, 0.717) is 17.5 Å². The van der Waals surface area contributed by atoms with Crippen LogP contribution in [-0.2, 0) is 16.2 Å². The SMILES string of the molecule is CC1(C)c2ccccc2-c2cc(-c3ccc4c5ccccc5n(-c5cccc(-c6nc(-c7cccc(-n8c9ccccc9c9ccc(-c%10ccc%11c(c%10)-c%10ccccc%10C%11(C)C)cc98)c7)nc(-c7cccc(-n8c9ccccc9c9ccc(-c%10ccc%11c(c%10)-c%10ccccc%10C%11(C)C)cc98)c7)n6)c5)c4c3)ccc21. The van der Waals surface area contributed by atoms with Crippen molar-refractivity contribution in [1.29, 1.82) is 0 Å². The number of hydrogen-bond donors (Lipinski definition) is 0. The lowest BCUT2D eigenvalue weighted by Crippen LogP contribution is -2.14. The van der Waals surface area contributed by atoms with Crippen molar-refractivity contribution in [3.05, 3.63) is 361 Å². The molecule has 0 atom stereocenters. The van der Waals surface area contributed by atoms with Gasteiger partial charge in [-0.25, -0.2) is 15.0 Å². The van der Waals surface area contributed by atoms with Crippen LogP contribution in [0.15, 0.2) is 328 Å². The molecule has 0 saturated carbocycles. The molecule has 0 aliphatic heterocycles. The molecule has 6 heteroatoms. The molecule has 0 bridgehead atoms. The number of hydrogen-bond acceptors (Lipinski definition) is 3. The number of nitrogens with zero attached hydrogens (tertiary/aromatic N) is 6. The summed E-state index contributed by atoms with van der Waals surface area (Å²) in [6, 6.07) is 122. The minimum Gasteiger partial charge on any atom is -0.309 e. The first kappa shape index (κ1) is 62.1. The van der Waals surface area contributed by atoms with Crippen LogP contribution in [0.3, 0.4) is 0 Å². The van der Waals surface area contributed by atoms with Gasteiger partial charge in [0, 0.05) is 82.3 Å². The van der Waals surface area contributed by atoms with Crippen LogP contribution in [-0.4, -0.2) is 28.7 Å². The predicted octanol–water partition coefficient (Wildman–Crippen LogP) is 26.1. The highest BCUT2D eigenvalue weighted by atomic mass is 15.0. The second-order valence-corrected chi connectivity index (χ2v) is 31.5. The van der Waals surface area contributed by atoms with Crippen molar-refractivity contribution >= 4 is 65.4 Å². The minimum atomic E-state index is -0.0789. The van der Waals surface area contributed by atoms with Crippen LogP contribution in [0, 0.1) is 0 Å². The standard InChI is InChI=1S/C102H72N6/c1-100(2)85-34-13-7-28-73(85)82-55-61(43-49-88(82)100)64-40-46-79-76-31-10-16-37-91(76)106(94(79)58-64)70-25-19-22-67(52-70)97-103-98(68-23-20-26-71(53-68)107-92-38-17-11-32-77(92)80-47-41-65(59-95(80)107)62-44-50-89-83(56-62)74-29-8-14-35-86(74)101(89,3)4)105-99(104-97)69-24-21-27-72(54-69)108-93-39-18-12-33-78(93)81-48-42-66(60-96(81)108)63-45-51-90-84(57-63)75-30-9-15-36-87(75)102(90,5)6/h7-60H,1-6H3. The van der Waals surface area contributed by atoms with E-state index >= 15 is 0 Å². The lowest BCUT2D eigenvalue weighted by Gasteiger charge is -2.21. The number of benzene rings is 15. The zero-order valence-electron chi connectivity index (χ0n) is 60.9. The van der Waals surface area contributed by atoms with Gasteiger partial charge in [-0.1, -0.05) is 278 Å². The van der Waals surface area contributed by atoms with Crippen LogP contribution >= 0.6 is 0 Å². The van der Waals surface area contributed by atoms with Gasteiger partial charge in [0.2, 0.25) is 0 Å². The largest absolute Gasteiger partial charge is 0.309 e. The maximum absolute atomic E-state index is 5.60. The maximum atomic E-state index is 5.60. The molecule has 0 fully saturated rings. The van der Waals surface area contributed by atoms with Crippen molar-refractivity contribution in [2.75, 3.05) is 0 Å². The molecule has 0 amide bonds. The van der Waals surface area contributed by atoms with Gasteiger partial charge in [-0.15, -0.1) is 0 Å². The van der Waals surface area contributed by atoms with Gasteiger partial charge < -0.3 is 13.7 Å². The lowest BCUT2D eigenvalue weighted by molar-refractivity contribution is 0.660. The van der Waals surface area contributed by atoms with E-state index in [1.807, 2.05) is 0 Å². The average molecular weight is 1380 g/mol. The molecule has 6 nitrogen and oxygen atoms in total. The van der Waals surface area contributed by atoms with E-state index in [2.05, 4.69) is 383 Å². The summed E-state index contributed by atoms with van der Waals surface area (Å²) in [5.41, 5.74) is 35.3. The molecule has 3 aliphatic carbocycles. The van der Waals surface area contributed by atoms with Gasteiger partial charge >= 0.3 is 0 Å². The van der Waals surface area contributed by atoms with Gasteiger partial charge in [-0.2, -0.15) is 0 Å². The average Bonchev–Trinajstić information content (AvgIpc) is 1.57. The molecule has 4 heterocycles. The second kappa shape index (κ2) is 22.9. The summed E-state index contributed by atoms with van der Waals surface area (Å²) in [5, 5.41) is 7.13. The van der Waals surface area contributed by atoms with E-state index in [0.717, 1.165) is 83.5 Å². The van der Waals surface area contributed by atoms with Crippen molar-refractivity contribution in [3.63, 3.8) is 0 Å². The van der Waals surface area contributed by atoms with Gasteiger partial charge in [0.25, 0.3) is 0 Å². The summed E-state index contributed by atoms with van der Waals surface area (Å²) in [6.07, 6.45) is 0.